The largest absolute Gasteiger partial charge is 0.269 e. The third-order valence-corrected chi connectivity index (χ3v) is 6.37. The van der Waals surface area contributed by atoms with Crippen LogP contribution in [0.5, 0.6) is 0 Å². The molecule has 0 fully saturated rings. The van der Waals surface area contributed by atoms with E-state index < -0.39 is 0 Å². The number of hydrogen-bond acceptors (Lipinski definition) is 4. The second kappa shape index (κ2) is 7.71. The van der Waals surface area contributed by atoms with Crippen LogP contribution in [0.3, 0.4) is 0 Å². The molecule has 2 aromatic heterocycles. The van der Waals surface area contributed by atoms with E-state index in [2.05, 4.69) is 95.5 Å². The molecule has 136 valence electrons. The summed E-state index contributed by atoms with van der Waals surface area (Å²) in [5.41, 5.74) is 6.28. The van der Waals surface area contributed by atoms with E-state index in [0.717, 1.165) is 27.3 Å². The zero-order valence-electron chi connectivity index (χ0n) is 15.6. The summed E-state index contributed by atoms with van der Waals surface area (Å²) in [5, 5.41) is 12.0. The van der Waals surface area contributed by atoms with Crippen LogP contribution in [0.15, 0.2) is 65.1 Å². The van der Waals surface area contributed by atoms with Crippen LogP contribution >= 0.6 is 23.1 Å². The maximum atomic E-state index is 4.52. The molecular formula is C22H21N3S2. The predicted molar refractivity (Wildman–Crippen MR) is 115 cm³/mol. The molecule has 0 amide bonds. The van der Waals surface area contributed by atoms with Gasteiger partial charge in [0.1, 0.15) is 0 Å². The molecule has 0 aliphatic carbocycles. The number of benzene rings is 2. The molecule has 0 saturated carbocycles. The molecule has 4 aromatic rings. The molecule has 5 heteroatoms. The summed E-state index contributed by atoms with van der Waals surface area (Å²) in [4.78, 5) is 1.13. The van der Waals surface area contributed by atoms with Gasteiger partial charge in [-0.25, -0.2) is 0 Å². The van der Waals surface area contributed by atoms with E-state index in [0.29, 0.717) is 0 Å². The molecule has 0 aliphatic rings. The van der Waals surface area contributed by atoms with Crippen molar-refractivity contribution in [3.05, 3.63) is 82.2 Å². The Bertz CT molecular complexity index is 1050. The Hall–Kier alpha value is -2.37. The molecule has 0 saturated heterocycles. The molecule has 0 spiro atoms. The Morgan fingerprint density at radius 1 is 0.926 bits per heavy atom. The third kappa shape index (κ3) is 3.84. The van der Waals surface area contributed by atoms with E-state index >= 15 is 0 Å². The lowest BCUT2D eigenvalue weighted by atomic mass is 10.1. The van der Waals surface area contributed by atoms with E-state index in [1.165, 1.54) is 22.3 Å². The van der Waals surface area contributed by atoms with Crippen LogP contribution in [0.2, 0.25) is 0 Å². The molecule has 27 heavy (non-hydrogen) atoms. The van der Waals surface area contributed by atoms with Crippen molar-refractivity contribution in [2.75, 3.05) is 0 Å². The first-order chi connectivity index (χ1) is 13.1. The van der Waals surface area contributed by atoms with Gasteiger partial charge in [-0.2, -0.15) is 0 Å². The minimum Gasteiger partial charge on any atom is -0.269 e. The standard InChI is InChI=1S/C22H21N3S2/c1-15-7-10-19(11-8-15)25-21(20-5-4-12-26-20)23-24-22(25)27-14-18-13-16(2)6-9-17(18)3/h4-13H,14H2,1-3H3. The number of aromatic nitrogens is 3. The minimum atomic E-state index is 0.877. The summed E-state index contributed by atoms with van der Waals surface area (Å²) in [5.74, 6) is 1.78. The average Bonchev–Trinajstić information content (AvgIpc) is 3.32. The Balaban J connectivity index is 1.72. The van der Waals surface area contributed by atoms with Crippen molar-refractivity contribution in [1.29, 1.82) is 0 Å². The van der Waals surface area contributed by atoms with Crippen molar-refractivity contribution >= 4 is 23.1 Å². The number of aryl methyl sites for hydroxylation is 3. The lowest BCUT2D eigenvalue weighted by molar-refractivity contribution is 0.886. The topological polar surface area (TPSA) is 30.7 Å². The maximum Gasteiger partial charge on any atom is 0.196 e. The predicted octanol–water partition coefficient (Wildman–Crippen LogP) is 6.21. The van der Waals surface area contributed by atoms with Crippen molar-refractivity contribution in [2.24, 2.45) is 0 Å². The summed E-state index contributed by atoms with van der Waals surface area (Å²) >= 11 is 3.42. The second-order valence-corrected chi connectivity index (χ2v) is 8.56. The summed E-state index contributed by atoms with van der Waals surface area (Å²) in [6, 6.07) is 19.3. The van der Waals surface area contributed by atoms with Gasteiger partial charge in [-0.05, 0) is 55.5 Å². The third-order valence-electron chi connectivity index (χ3n) is 4.53. The molecule has 0 bridgehead atoms. The van der Waals surface area contributed by atoms with Gasteiger partial charge in [-0.3, -0.25) is 4.57 Å². The Kier molecular flexibility index (Phi) is 5.14. The van der Waals surface area contributed by atoms with Gasteiger partial charge in [0.15, 0.2) is 11.0 Å². The van der Waals surface area contributed by atoms with Gasteiger partial charge in [0.2, 0.25) is 0 Å². The van der Waals surface area contributed by atoms with Gasteiger partial charge in [0, 0.05) is 11.4 Å². The van der Waals surface area contributed by atoms with E-state index in [1.807, 2.05) is 0 Å². The van der Waals surface area contributed by atoms with Crippen LogP contribution in [-0.2, 0) is 5.75 Å². The number of thiophene rings is 1. The Morgan fingerprint density at radius 3 is 2.44 bits per heavy atom. The van der Waals surface area contributed by atoms with Gasteiger partial charge in [-0.1, -0.05) is 59.3 Å². The highest BCUT2D eigenvalue weighted by molar-refractivity contribution is 7.98. The van der Waals surface area contributed by atoms with Gasteiger partial charge >= 0.3 is 0 Å². The first-order valence-corrected chi connectivity index (χ1v) is 10.7. The van der Waals surface area contributed by atoms with Crippen molar-refractivity contribution in [2.45, 2.75) is 31.7 Å². The molecule has 0 N–H and O–H groups in total. The lowest BCUT2D eigenvalue weighted by Gasteiger charge is -2.11. The van der Waals surface area contributed by atoms with Gasteiger partial charge in [0.05, 0.1) is 4.88 Å². The van der Waals surface area contributed by atoms with Crippen molar-refractivity contribution in [1.82, 2.24) is 14.8 Å². The summed E-state index contributed by atoms with van der Waals surface area (Å²) in [7, 11) is 0. The lowest BCUT2D eigenvalue weighted by Crippen LogP contribution is -1.99. The van der Waals surface area contributed by atoms with Crippen molar-refractivity contribution in [3.63, 3.8) is 0 Å². The van der Waals surface area contributed by atoms with Crippen molar-refractivity contribution < 1.29 is 0 Å². The highest BCUT2D eigenvalue weighted by Crippen LogP contribution is 2.32. The van der Waals surface area contributed by atoms with E-state index in [9.17, 15) is 0 Å². The zero-order chi connectivity index (χ0) is 18.8. The van der Waals surface area contributed by atoms with Gasteiger partial charge in [-0.15, -0.1) is 21.5 Å². The van der Waals surface area contributed by atoms with E-state index in [-0.39, 0.29) is 0 Å². The molecular weight excluding hydrogens is 370 g/mol. The smallest absolute Gasteiger partial charge is 0.196 e. The molecule has 0 unspecified atom stereocenters. The second-order valence-electron chi connectivity index (χ2n) is 6.67. The SMILES string of the molecule is Cc1ccc(-n2c(SCc3cc(C)ccc3C)nnc2-c2cccs2)cc1. The van der Waals surface area contributed by atoms with Gasteiger partial charge < -0.3 is 0 Å². The summed E-state index contributed by atoms with van der Waals surface area (Å²) in [6.45, 7) is 6.40. The first-order valence-electron chi connectivity index (χ1n) is 8.87. The molecule has 2 heterocycles. The Labute approximate surface area is 168 Å². The molecule has 3 nitrogen and oxygen atoms in total. The zero-order valence-corrected chi connectivity index (χ0v) is 17.3. The summed E-state index contributed by atoms with van der Waals surface area (Å²) in [6.07, 6.45) is 0. The fourth-order valence-electron chi connectivity index (χ4n) is 2.95. The first kappa shape index (κ1) is 18.0. The average molecular weight is 392 g/mol. The normalized spacial score (nSPS) is 11.1. The number of nitrogens with zero attached hydrogens (tertiary/aromatic N) is 3. The van der Waals surface area contributed by atoms with Crippen LogP contribution < -0.4 is 0 Å². The molecule has 2 aromatic carbocycles. The van der Waals surface area contributed by atoms with E-state index in [1.54, 1.807) is 23.1 Å². The number of thioether (sulfide) groups is 1. The van der Waals surface area contributed by atoms with Crippen LogP contribution in [0, 0.1) is 20.8 Å². The molecule has 0 atom stereocenters. The molecule has 0 aliphatic heterocycles. The minimum absolute atomic E-state index is 0.877. The maximum absolute atomic E-state index is 4.52. The van der Waals surface area contributed by atoms with Crippen LogP contribution in [0.4, 0.5) is 0 Å². The van der Waals surface area contributed by atoms with Crippen LogP contribution in [-0.4, -0.2) is 14.8 Å². The quantitative estimate of drug-likeness (QED) is 0.379. The van der Waals surface area contributed by atoms with E-state index in [4.69, 9.17) is 0 Å². The summed E-state index contributed by atoms with van der Waals surface area (Å²) < 4.78 is 2.17. The number of hydrogen-bond donors (Lipinski definition) is 0. The molecule has 4 rings (SSSR count). The fraction of sp³-hybridized carbons (Fsp3) is 0.182. The number of rotatable bonds is 5. The van der Waals surface area contributed by atoms with Crippen LogP contribution in [0.1, 0.15) is 22.3 Å². The highest BCUT2D eigenvalue weighted by Gasteiger charge is 2.17. The molecule has 0 radical (unpaired) electrons. The van der Waals surface area contributed by atoms with Crippen LogP contribution in [0.25, 0.3) is 16.4 Å². The van der Waals surface area contributed by atoms with Gasteiger partial charge in [0.25, 0.3) is 0 Å². The Morgan fingerprint density at radius 2 is 1.70 bits per heavy atom. The fourth-order valence-corrected chi connectivity index (χ4v) is 4.67. The highest BCUT2D eigenvalue weighted by atomic mass is 32.2. The monoisotopic (exact) mass is 391 g/mol. The van der Waals surface area contributed by atoms with Crippen molar-refractivity contribution in [3.8, 4) is 16.4 Å².